The van der Waals surface area contributed by atoms with Gasteiger partial charge in [0, 0.05) is 5.56 Å². The molecule has 0 bridgehead atoms. The molecule has 1 aromatic heterocycles. The van der Waals surface area contributed by atoms with Crippen LogP contribution in [0.4, 0.5) is 8.78 Å². The van der Waals surface area contributed by atoms with Gasteiger partial charge in [0.25, 0.3) is 5.56 Å². The number of benzene rings is 2. The summed E-state index contributed by atoms with van der Waals surface area (Å²) in [5.74, 6) is 0.399. The fourth-order valence-corrected chi connectivity index (χ4v) is 2.39. The maximum absolute atomic E-state index is 12.6. The van der Waals surface area contributed by atoms with Gasteiger partial charge in [-0.2, -0.15) is 8.78 Å². The first-order valence-electron chi connectivity index (χ1n) is 7.37. The van der Waals surface area contributed by atoms with E-state index < -0.39 is 6.61 Å². The molecular formula is C18H14F2N2O3. The molecule has 0 saturated carbocycles. The van der Waals surface area contributed by atoms with E-state index in [1.54, 1.807) is 36.4 Å². The maximum Gasteiger partial charge on any atom is 0.387 e. The second-order valence-electron chi connectivity index (χ2n) is 5.06. The minimum absolute atomic E-state index is 0.0839. The Labute approximate surface area is 141 Å². The number of halogens is 2. The highest BCUT2D eigenvalue weighted by molar-refractivity contribution is 5.79. The van der Waals surface area contributed by atoms with E-state index in [1.807, 2.05) is 0 Å². The van der Waals surface area contributed by atoms with Crippen LogP contribution in [0.3, 0.4) is 0 Å². The third-order valence-corrected chi connectivity index (χ3v) is 3.49. The molecule has 1 N–H and O–H groups in total. The number of H-pyrrole nitrogens is 1. The highest BCUT2D eigenvalue weighted by Crippen LogP contribution is 2.33. The summed E-state index contributed by atoms with van der Waals surface area (Å²) in [4.78, 5) is 19.0. The standard InChI is InChI=1S/C18H14F2N2O3/c1-24-14-8-4-5-11(16(14)25-18(19)20)9-10-15-21-13-7-3-2-6-12(13)17(23)22-15/h2-10,18H,1H3,(H,21,22,23). The SMILES string of the molecule is COc1cccc(C=Cc2nc3ccccc3c(=O)[nH]2)c1OC(F)F. The second-order valence-corrected chi connectivity index (χ2v) is 5.06. The Hall–Kier alpha value is -3.22. The monoisotopic (exact) mass is 344 g/mol. The normalized spacial score (nSPS) is 11.4. The van der Waals surface area contributed by atoms with Crippen LogP contribution in [0.25, 0.3) is 23.1 Å². The summed E-state index contributed by atoms with van der Waals surface area (Å²) in [7, 11) is 1.36. The lowest BCUT2D eigenvalue weighted by Crippen LogP contribution is -2.09. The van der Waals surface area contributed by atoms with Crippen molar-refractivity contribution in [3.63, 3.8) is 0 Å². The summed E-state index contributed by atoms with van der Waals surface area (Å²) in [6.45, 7) is -2.98. The minimum Gasteiger partial charge on any atom is -0.493 e. The van der Waals surface area contributed by atoms with Crippen LogP contribution >= 0.6 is 0 Å². The first-order chi connectivity index (χ1) is 12.1. The van der Waals surface area contributed by atoms with Gasteiger partial charge < -0.3 is 14.5 Å². The van der Waals surface area contributed by atoms with Crippen molar-refractivity contribution in [3.8, 4) is 11.5 Å². The maximum atomic E-state index is 12.6. The average molecular weight is 344 g/mol. The fourth-order valence-electron chi connectivity index (χ4n) is 2.39. The van der Waals surface area contributed by atoms with Crippen molar-refractivity contribution < 1.29 is 18.3 Å². The van der Waals surface area contributed by atoms with Gasteiger partial charge in [-0.1, -0.05) is 24.3 Å². The van der Waals surface area contributed by atoms with E-state index in [2.05, 4.69) is 14.7 Å². The number of ether oxygens (including phenoxy) is 2. The van der Waals surface area contributed by atoms with Crippen LogP contribution < -0.4 is 15.0 Å². The number of aromatic amines is 1. The van der Waals surface area contributed by atoms with Gasteiger partial charge in [-0.3, -0.25) is 4.79 Å². The summed E-state index contributed by atoms with van der Waals surface area (Å²) in [6, 6.07) is 11.7. The van der Waals surface area contributed by atoms with Crippen molar-refractivity contribution in [2.24, 2.45) is 0 Å². The third-order valence-electron chi connectivity index (χ3n) is 3.49. The Morgan fingerprint density at radius 2 is 1.92 bits per heavy atom. The summed E-state index contributed by atoms with van der Waals surface area (Å²) in [5.41, 5.74) is 0.635. The molecule has 7 heteroatoms. The highest BCUT2D eigenvalue weighted by atomic mass is 19.3. The number of methoxy groups -OCH3 is 1. The molecule has 3 rings (SSSR count). The zero-order chi connectivity index (χ0) is 17.8. The van der Waals surface area contributed by atoms with E-state index in [-0.39, 0.29) is 17.1 Å². The molecule has 0 aliphatic carbocycles. The number of nitrogens with one attached hydrogen (secondary N) is 1. The molecule has 0 atom stereocenters. The molecule has 1 heterocycles. The molecule has 0 aliphatic rings. The summed E-state index contributed by atoms with van der Waals surface area (Å²) in [6.07, 6.45) is 3.04. The van der Waals surface area contributed by atoms with E-state index >= 15 is 0 Å². The van der Waals surface area contributed by atoms with E-state index in [0.29, 0.717) is 22.3 Å². The zero-order valence-electron chi connectivity index (χ0n) is 13.2. The van der Waals surface area contributed by atoms with Crippen LogP contribution in [-0.2, 0) is 0 Å². The van der Waals surface area contributed by atoms with E-state index in [1.165, 1.54) is 25.3 Å². The van der Waals surface area contributed by atoms with Gasteiger partial charge in [0.1, 0.15) is 5.82 Å². The topological polar surface area (TPSA) is 64.2 Å². The summed E-state index contributed by atoms with van der Waals surface area (Å²) >= 11 is 0. The quantitative estimate of drug-likeness (QED) is 0.766. The Bertz CT molecular complexity index is 983. The number of hydrogen-bond donors (Lipinski definition) is 1. The first-order valence-corrected chi connectivity index (χ1v) is 7.37. The predicted octanol–water partition coefficient (Wildman–Crippen LogP) is 3.70. The molecule has 2 aromatic carbocycles. The highest BCUT2D eigenvalue weighted by Gasteiger charge is 2.13. The zero-order valence-corrected chi connectivity index (χ0v) is 13.2. The molecule has 25 heavy (non-hydrogen) atoms. The van der Waals surface area contributed by atoms with Gasteiger partial charge in [0.15, 0.2) is 11.5 Å². The van der Waals surface area contributed by atoms with Gasteiger partial charge >= 0.3 is 6.61 Å². The van der Waals surface area contributed by atoms with Gasteiger partial charge in [-0.05, 0) is 30.4 Å². The third kappa shape index (κ3) is 3.65. The number of para-hydroxylation sites is 2. The number of alkyl halides is 2. The summed E-state index contributed by atoms with van der Waals surface area (Å²) < 4.78 is 34.9. The van der Waals surface area contributed by atoms with Gasteiger partial charge in [0.05, 0.1) is 18.0 Å². The number of hydrogen-bond acceptors (Lipinski definition) is 4. The predicted molar refractivity (Wildman–Crippen MR) is 90.9 cm³/mol. The second kappa shape index (κ2) is 7.12. The molecule has 3 aromatic rings. The van der Waals surface area contributed by atoms with E-state index in [0.717, 1.165) is 0 Å². The van der Waals surface area contributed by atoms with E-state index in [4.69, 9.17) is 4.74 Å². The number of aromatic nitrogens is 2. The van der Waals surface area contributed by atoms with Gasteiger partial charge in [-0.15, -0.1) is 0 Å². The molecule has 0 unspecified atom stereocenters. The lowest BCUT2D eigenvalue weighted by molar-refractivity contribution is -0.0513. The summed E-state index contributed by atoms with van der Waals surface area (Å²) in [5, 5.41) is 0.475. The lowest BCUT2D eigenvalue weighted by atomic mass is 10.1. The van der Waals surface area contributed by atoms with Crippen LogP contribution in [0, 0.1) is 0 Å². The number of nitrogens with zero attached hydrogens (tertiary/aromatic N) is 1. The Kier molecular flexibility index (Phi) is 4.74. The molecule has 0 spiro atoms. The molecular weight excluding hydrogens is 330 g/mol. The molecule has 0 saturated heterocycles. The van der Waals surface area contributed by atoms with Crippen LogP contribution in [0.2, 0.25) is 0 Å². The van der Waals surface area contributed by atoms with Gasteiger partial charge in [-0.25, -0.2) is 4.98 Å². The number of fused-ring (bicyclic) bond motifs is 1. The molecule has 5 nitrogen and oxygen atoms in total. The van der Waals surface area contributed by atoms with Crippen LogP contribution in [-0.4, -0.2) is 23.7 Å². The van der Waals surface area contributed by atoms with Crippen molar-refractivity contribution in [2.45, 2.75) is 6.61 Å². The van der Waals surface area contributed by atoms with Crippen molar-refractivity contribution in [1.29, 1.82) is 0 Å². The molecule has 0 amide bonds. The largest absolute Gasteiger partial charge is 0.493 e. The molecule has 0 fully saturated rings. The van der Waals surface area contributed by atoms with Gasteiger partial charge in [0.2, 0.25) is 0 Å². The fraction of sp³-hybridized carbons (Fsp3) is 0.111. The Balaban J connectivity index is 2.01. The van der Waals surface area contributed by atoms with Crippen molar-refractivity contribution in [3.05, 3.63) is 64.2 Å². The lowest BCUT2D eigenvalue weighted by Gasteiger charge is -2.12. The van der Waals surface area contributed by atoms with E-state index in [9.17, 15) is 13.6 Å². The minimum atomic E-state index is -2.98. The van der Waals surface area contributed by atoms with Crippen LogP contribution in [0.1, 0.15) is 11.4 Å². The van der Waals surface area contributed by atoms with Crippen molar-refractivity contribution >= 4 is 23.1 Å². The average Bonchev–Trinajstić information content (AvgIpc) is 2.60. The van der Waals surface area contributed by atoms with Crippen LogP contribution in [0.15, 0.2) is 47.3 Å². The molecule has 128 valence electrons. The molecule has 0 aliphatic heterocycles. The Morgan fingerprint density at radius 1 is 1.12 bits per heavy atom. The van der Waals surface area contributed by atoms with Crippen molar-refractivity contribution in [1.82, 2.24) is 9.97 Å². The van der Waals surface area contributed by atoms with Crippen LogP contribution in [0.5, 0.6) is 11.5 Å². The number of rotatable bonds is 5. The molecule has 0 radical (unpaired) electrons. The Morgan fingerprint density at radius 3 is 2.68 bits per heavy atom. The first kappa shape index (κ1) is 16.6. The smallest absolute Gasteiger partial charge is 0.387 e. The van der Waals surface area contributed by atoms with Crippen molar-refractivity contribution in [2.75, 3.05) is 7.11 Å².